The molecular formula is C26H20ClF4N5O3S. The molecule has 0 saturated carbocycles. The Morgan fingerprint density at radius 2 is 1.65 bits per heavy atom. The fraction of sp³-hybridized carbons (Fsp3) is 0.154. The molecule has 0 atom stereocenters. The minimum atomic E-state index is -4.64. The number of aromatic nitrogens is 3. The van der Waals surface area contributed by atoms with Crippen LogP contribution < -0.4 is 15.4 Å². The van der Waals surface area contributed by atoms with Gasteiger partial charge in [0.05, 0.1) is 23.5 Å². The lowest BCUT2D eigenvalue weighted by Gasteiger charge is -2.14. The van der Waals surface area contributed by atoms with Crippen LogP contribution >= 0.6 is 23.4 Å². The van der Waals surface area contributed by atoms with E-state index in [9.17, 15) is 27.2 Å². The Balaban J connectivity index is 1.44. The van der Waals surface area contributed by atoms with E-state index in [4.69, 9.17) is 16.3 Å². The fourth-order valence-corrected chi connectivity index (χ4v) is 4.32. The van der Waals surface area contributed by atoms with Crippen LogP contribution in [-0.4, -0.2) is 38.9 Å². The van der Waals surface area contributed by atoms with Gasteiger partial charge in [-0.2, -0.15) is 13.2 Å². The Morgan fingerprint density at radius 1 is 0.950 bits per heavy atom. The molecule has 1 aromatic heterocycles. The number of carbonyl (C=O) groups is 2. The molecule has 0 radical (unpaired) electrons. The first-order valence-electron chi connectivity index (χ1n) is 11.5. The van der Waals surface area contributed by atoms with E-state index in [0.717, 1.165) is 23.9 Å². The van der Waals surface area contributed by atoms with Crippen LogP contribution in [0.25, 0.3) is 5.69 Å². The lowest BCUT2D eigenvalue weighted by molar-refractivity contribution is -0.137. The molecule has 2 amide bonds. The summed E-state index contributed by atoms with van der Waals surface area (Å²) >= 11 is 6.74. The number of nitrogens with zero attached hydrogens (tertiary/aromatic N) is 3. The van der Waals surface area contributed by atoms with Gasteiger partial charge in [-0.05, 0) is 60.7 Å². The standard InChI is InChI=1S/C26H20ClF4N5O3S/c27-16-5-11-19(12-6-16)39-14-23(37)32-13-22-34-35-25(36(22)18-9-7-17(28)8-10-18)40-15-24(38)33-21-4-2-1-3-20(21)26(29,30)31/h1-12H,13-15H2,(H,32,37)(H,33,38). The van der Waals surface area contributed by atoms with Crippen molar-refractivity contribution in [1.82, 2.24) is 20.1 Å². The molecule has 8 nitrogen and oxygen atoms in total. The maximum Gasteiger partial charge on any atom is 0.418 e. The first-order valence-corrected chi connectivity index (χ1v) is 12.9. The van der Waals surface area contributed by atoms with Crippen molar-refractivity contribution in [2.24, 2.45) is 0 Å². The van der Waals surface area contributed by atoms with Crippen molar-refractivity contribution in [1.29, 1.82) is 0 Å². The minimum Gasteiger partial charge on any atom is -0.484 e. The minimum absolute atomic E-state index is 0.0844. The van der Waals surface area contributed by atoms with Gasteiger partial charge in [0.25, 0.3) is 5.91 Å². The zero-order valence-corrected chi connectivity index (χ0v) is 22.0. The number of carbonyl (C=O) groups excluding carboxylic acids is 2. The Morgan fingerprint density at radius 3 is 2.35 bits per heavy atom. The first-order chi connectivity index (χ1) is 19.1. The quantitative estimate of drug-likeness (QED) is 0.186. The zero-order chi connectivity index (χ0) is 28.7. The van der Waals surface area contributed by atoms with Crippen LogP contribution in [0.1, 0.15) is 11.4 Å². The first kappa shape index (κ1) is 28.9. The number of nitrogens with one attached hydrogen (secondary N) is 2. The van der Waals surface area contributed by atoms with Crippen molar-refractivity contribution >= 4 is 40.9 Å². The van der Waals surface area contributed by atoms with Crippen LogP contribution in [0.2, 0.25) is 5.02 Å². The molecule has 0 fully saturated rings. The molecule has 0 bridgehead atoms. The van der Waals surface area contributed by atoms with Crippen molar-refractivity contribution in [2.45, 2.75) is 17.9 Å². The van der Waals surface area contributed by atoms with Crippen molar-refractivity contribution in [2.75, 3.05) is 17.7 Å². The van der Waals surface area contributed by atoms with Gasteiger partial charge >= 0.3 is 6.18 Å². The van der Waals surface area contributed by atoms with Crippen molar-refractivity contribution in [3.05, 3.63) is 95.0 Å². The van der Waals surface area contributed by atoms with Crippen molar-refractivity contribution in [3.63, 3.8) is 0 Å². The van der Waals surface area contributed by atoms with Gasteiger partial charge in [0.1, 0.15) is 11.6 Å². The Labute approximate surface area is 234 Å². The van der Waals surface area contributed by atoms with Crippen LogP contribution in [0.15, 0.2) is 78.0 Å². The Hall–Kier alpha value is -4.10. The predicted molar refractivity (Wildman–Crippen MR) is 141 cm³/mol. The molecule has 208 valence electrons. The zero-order valence-electron chi connectivity index (χ0n) is 20.4. The van der Waals surface area contributed by atoms with Crippen LogP contribution in [-0.2, 0) is 22.3 Å². The van der Waals surface area contributed by atoms with Crippen molar-refractivity contribution < 1.29 is 31.9 Å². The summed E-state index contributed by atoms with van der Waals surface area (Å²) in [5.41, 5.74) is -0.899. The van der Waals surface area contributed by atoms with E-state index < -0.39 is 29.4 Å². The van der Waals surface area contributed by atoms with E-state index in [-0.39, 0.29) is 35.6 Å². The number of hydrogen-bond acceptors (Lipinski definition) is 6. The summed E-state index contributed by atoms with van der Waals surface area (Å²) in [6, 6.07) is 16.4. The molecule has 0 saturated heterocycles. The highest BCUT2D eigenvalue weighted by molar-refractivity contribution is 7.99. The van der Waals surface area contributed by atoms with Crippen LogP contribution in [0.5, 0.6) is 5.75 Å². The molecule has 40 heavy (non-hydrogen) atoms. The second-order valence-corrected chi connectivity index (χ2v) is 9.49. The van der Waals surface area contributed by atoms with Gasteiger partial charge in [0, 0.05) is 10.7 Å². The molecule has 0 spiro atoms. The van der Waals surface area contributed by atoms with E-state index in [1.54, 1.807) is 24.3 Å². The number of anilines is 1. The number of hydrogen-bond donors (Lipinski definition) is 2. The van der Waals surface area contributed by atoms with Gasteiger partial charge in [-0.15, -0.1) is 10.2 Å². The third kappa shape index (κ3) is 7.73. The lowest BCUT2D eigenvalue weighted by Crippen LogP contribution is -2.29. The maximum atomic E-state index is 13.6. The second-order valence-electron chi connectivity index (χ2n) is 8.11. The van der Waals surface area contributed by atoms with Gasteiger partial charge in [0.2, 0.25) is 5.91 Å². The average molecular weight is 594 g/mol. The molecule has 0 unspecified atom stereocenters. The van der Waals surface area contributed by atoms with Gasteiger partial charge in [0.15, 0.2) is 17.6 Å². The van der Waals surface area contributed by atoms with Crippen LogP contribution in [0, 0.1) is 5.82 Å². The highest BCUT2D eigenvalue weighted by Gasteiger charge is 2.33. The third-order valence-electron chi connectivity index (χ3n) is 5.25. The number of thioether (sulfide) groups is 1. The van der Waals surface area contributed by atoms with E-state index >= 15 is 0 Å². The molecule has 2 N–H and O–H groups in total. The number of rotatable bonds is 10. The van der Waals surface area contributed by atoms with E-state index in [1.165, 1.54) is 41.0 Å². The summed E-state index contributed by atoms with van der Waals surface area (Å²) < 4.78 is 60.2. The fourth-order valence-electron chi connectivity index (χ4n) is 3.42. The predicted octanol–water partition coefficient (Wildman–Crippen LogP) is 5.50. The lowest BCUT2D eigenvalue weighted by atomic mass is 10.1. The number of alkyl halides is 3. The molecule has 14 heteroatoms. The molecular weight excluding hydrogens is 574 g/mol. The summed E-state index contributed by atoms with van der Waals surface area (Å²) in [5, 5.41) is 13.8. The summed E-state index contributed by atoms with van der Waals surface area (Å²) in [5.74, 6) is -1.24. The number of amides is 2. The molecule has 4 rings (SSSR count). The van der Waals surface area contributed by atoms with Gasteiger partial charge in [-0.25, -0.2) is 4.39 Å². The third-order valence-corrected chi connectivity index (χ3v) is 6.43. The maximum absolute atomic E-state index is 13.6. The normalized spacial score (nSPS) is 11.2. The molecule has 0 aliphatic carbocycles. The number of para-hydroxylation sites is 1. The van der Waals surface area contributed by atoms with Crippen LogP contribution in [0.3, 0.4) is 0 Å². The largest absolute Gasteiger partial charge is 0.484 e. The molecule has 0 aliphatic rings. The number of halogens is 5. The van der Waals surface area contributed by atoms with Crippen molar-refractivity contribution in [3.8, 4) is 11.4 Å². The van der Waals surface area contributed by atoms with E-state index in [0.29, 0.717) is 16.5 Å². The van der Waals surface area contributed by atoms with E-state index in [2.05, 4.69) is 20.8 Å². The molecule has 4 aromatic rings. The monoisotopic (exact) mass is 593 g/mol. The summed E-state index contributed by atoms with van der Waals surface area (Å²) in [6.07, 6.45) is -4.64. The second kappa shape index (κ2) is 12.8. The van der Waals surface area contributed by atoms with Gasteiger partial charge in [-0.1, -0.05) is 35.5 Å². The number of benzene rings is 3. The summed E-state index contributed by atoms with van der Waals surface area (Å²) in [6.45, 7) is -0.369. The summed E-state index contributed by atoms with van der Waals surface area (Å²) in [4.78, 5) is 24.8. The SMILES string of the molecule is O=C(COc1ccc(Cl)cc1)NCc1nnc(SCC(=O)Nc2ccccc2C(F)(F)F)n1-c1ccc(F)cc1. The van der Waals surface area contributed by atoms with Crippen LogP contribution in [0.4, 0.5) is 23.2 Å². The molecule has 1 heterocycles. The van der Waals surface area contributed by atoms with Gasteiger partial charge in [-0.3, -0.25) is 14.2 Å². The molecule has 3 aromatic carbocycles. The highest BCUT2D eigenvalue weighted by atomic mass is 35.5. The Bertz CT molecular complexity index is 1480. The Kier molecular flexibility index (Phi) is 9.27. The average Bonchev–Trinajstić information content (AvgIpc) is 3.33. The van der Waals surface area contributed by atoms with Gasteiger partial charge < -0.3 is 15.4 Å². The topological polar surface area (TPSA) is 98.1 Å². The highest BCUT2D eigenvalue weighted by Crippen LogP contribution is 2.34. The summed E-state index contributed by atoms with van der Waals surface area (Å²) in [7, 11) is 0. The molecule has 0 aliphatic heterocycles. The number of ether oxygens (including phenoxy) is 1. The smallest absolute Gasteiger partial charge is 0.418 e. The van der Waals surface area contributed by atoms with E-state index in [1.807, 2.05) is 0 Å².